The molecule has 1 fully saturated rings. The Balaban J connectivity index is 1.89. The average molecular weight is 347 g/mol. The molecule has 6 heteroatoms. The Morgan fingerprint density at radius 1 is 1.20 bits per heavy atom. The third-order valence-electron chi connectivity index (χ3n) is 4.63. The molecule has 0 saturated carbocycles. The maximum atomic E-state index is 12.7. The molecule has 1 saturated heterocycles. The molecule has 1 aliphatic heterocycles. The van der Waals surface area contributed by atoms with Crippen molar-refractivity contribution in [2.24, 2.45) is 5.41 Å². The second kappa shape index (κ2) is 9.53. The van der Waals surface area contributed by atoms with Crippen LogP contribution in [0, 0.1) is 5.41 Å². The zero-order valence-corrected chi connectivity index (χ0v) is 15.2. The fourth-order valence-electron chi connectivity index (χ4n) is 3.14. The molecule has 2 amide bonds. The minimum absolute atomic E-state index is 0.0240. The van der Waals surface area contributed by atoms with Gasteiger partial charge in [0.15, 0.2) is 0 Å². The average Bonchev–Trinajstić information content (AvgIpc) is 2.62. The van der Waals surface area contributed by atoms with Crippen LogP contribution in [0.15, 0.2) is 24.3 Å². The van der Waals surface area contributed by atoms with Crippen LogP contribution in [0.3, 0.4) is 0 Å². The van der Waals surface area contributed by atoms with E-state index in [1.54, 1.807) is 7.11 Å². The zero-order chi connectivity index (χ0) is 18.1. The molecule has 0 bridgehead atoms. The van der Waals surface area contributed by atoms with Crippen molar-refractivity contribution < 1.29 is 14.3 Å². The van der Waals surface area contributed by atoms with Gasteiger partial charge in [0.1, 0.15) is 0 Å². The highest BCUT2D eigenvalue weighted by Crippen LogP contribution is 2.29. The number of nitrogens with one attached hydrogen (secondary N) is 3. The van der Waals surface area contributed by atoms with E-state index in [9.17, 15) is 9.59 Å². The van der Waals surface area contributed by atoms with Crippen LogP contribution < -0.4 is 16.0 Å². The quantitative estimate of drug-likeness (QED) is 0.672. The second-order valence-corrected chi connectivity index (χ2v) is 6.64. The van der Waals surface area contributed by atoms with Crippen LogP contribution in [0.4, 0.5) is 5.69 Å². The maximum Gasteiger partial charge on any atom is 0.228 e. The first-order valence-corrected chi connectivity index (χ1v) is 8.96. The predicted octanol–water partition coefficient (Wildman–Crippen LogP) is 2.06. The van der Waals surface area contributed by atoms with Crippen molar-refractivity contribution in [1.29, 1.82) is 0 Å². The molecule has 6 nitrogen and oxygen atoms in total. The van der Waals surface area contributed by atoms with E-state index in [2.05, 4.69) is 16.0 Å². The lowest BCUT2D eigenvalue weighted by Crippen LogP contribution is -2.49. The van der Waals surface area contributed by atoms with E-state index in [0.29, 0.717) is 19.6 Å². The SMILES string of the molecule is CCCC(=O)Nc1ccc(CNC(=O)C2(COC)CCNCC2)cc1. The van der Waals surface area contributed by atoms with Gasteiger partial charge in [0.2, 0.25) is 11.8 Å². The first kappa shape index (κ1) is 19.4. The first-order valence-electron chi connectivity index (χ1n) is 8.96. The number of benzene rings is 1. The molecule has 25 heavy (non-hydrogen) atoms. The molecule has 138 valence electrons. The zero-order valence-electron chi connectivity index (χ0n) is 15.2. The summed E-state index contributed by atoms with van der Waals surface area (Å²) >= 11 is 0. The number of hydrogen-bond acceptors (Lipinski definition) is 4. The summed E-state index contributed by atoms with van der Waals surface area (Å²) in [6.45, 7) is 4.57. The molecule has 3 N–H and O–H groups in total. The van der Waals surface area contributed by atoms with Crippen molar-refractivity contribution in [3.63, 3.8) is 0 Å². The number of carbonyl (C=O) groups is 2. The molecule has 0 atom stereocenters. The third kappa shape index (κ3) is 5.54. The molecule has 2 rings (SSSR count). The van der Waals surface area contributed by atoms with Crippen LogP contribution >= 0.6 is 0 Å². The lowest BCUT2D eigenvalue weighted by molar-refractivity contribution is -0.136. The molecule has 0 aliphatic carbocycles. The van der Waals surface area contributed by atoms with Gasteiger partial charge in [0, 0.05) is 25.8 Å². The molecule has 1 aromatic rings. The monoisotopic (exact) mass is 347 g/mol. The van der Waals surface area contributed by atoms with Gasteiger partial charge >= 0.3 is 0 Å². The summed E-state index contributed by atoms with van der Waals surface area (Å²) in [6, 6.07) is 7.58. The summed E-state index contributed by atoms with van der Waals surface area (Å²) in [6.07, 6.45) is 2.92. The second-order valence-electron chi connectivity index (χ2n) is 6.64. The van der Waals surface area contributed by atoms with E-state index in [1.807, 2.05) is 31.2 Å². The topological polar surface area (TPSA) is 79.5 Å². The fourth-order valence-corrected chi connectivity index (χ4v) is 3.14. The van der Waals surface area contributed by atoms with Crippen molar-refractivity contribution in [3.05, 3.63) is 29.8 Å². The first-order chi connectivity index (χ1) is 12.1. The Labute approximate surface area is 149 Å². The minimum Gasteiger partial charge on any atom is -0.384 e. The number of piperidine rings is 1. The van der Waals surface area contributed by atoms with E-state index in [0.717, 1.165) is 43.6 Å². The summed E-state index contributed by atoms with van der Waals surface area (Å²) < 4.78 is 5.30. The van der Waals surface area contributed by atoms with E-state index in [1.165, 1.54) is 0 Å². The molecule has 0 radical (unpaired) electrons. The number of anilines is 1. The van der Waals surface area contributed by atoms with Gasteiger partial charge in [-0.1, -0.05) is 19.1 Å². The number of carbonyl (C=O) groups excluding carboxylic acids is 2. The Kier molecular flexibility index (Phi) is 7.40. The van der Waals surface area contributed by atoms with E-state index >= 15 is 0 Å². The van der Waals surface area contributed by atoms with Gasteiger partial charge in [0.05, 0.1) is 12.0 Å². The van der Waals surface area contributed by atoms with Gasteiger partial charge < -0.3 is 20.7 Å². The maximum absolute atomic E-state index is 12.7. The molecule has 1 aliphatic rings. The number of amides is 2. The van der Waals surface area contributed by atoms with E-state index in [-0.39, 0.29) is 11.8 Å². The Hall–Kier alpha value is -1.92. The van der Waals surface area contributed by atoms with Crippen LogP contribution in [-0.4, -0.2) is 38.6 Å². The van der Waals surface area contributed by atoms with E-state index < -0.39 is 5.41 Å². The van der Waals surface area contributed by atoms with Crippen LogP contribution in [-0.2, 0) is 20.9 Å². The molecule has 0 spiro atoms. The van der Waals surface area contributed by atoms with Crippen molar-refractivity contribution in [2.75, 3.05) is 32.1 Å². The standard InChI is InChI=1S/C19H29N3O3/c1-3-4-17(23)22-16-7-5-15(6-8-16)13-21-18(24)19(14-25-2)9-11-20-12-10-19/h5-8,20H,3-4,9-14H2,1-2H3,(H,21,24)(H,22,23). The highest BCUT2D eigenvalue weighted by molar-refractivity contribution is 5.90. The lowest BCUT2D eigenvalue weighted by atomic mass is 9.78. The van der Waals surface area contributed by atoms with Gasteiger partial charge in [-0.15, -0.1) is 0 Å². The van der Waals surface area contributed by atoms with E-state index in [4.69, 9.17) is 4.74 Å². The predicted molar refractivity (Wildman–Crippen MR) is 98.2 cm³/mol. The van der Waals surface area contributed by atoms with Gasteiger partial charge in [0.25, 0.3) is 0 Å². The van der Waals surface area contributed by atoms with Crippen molar-refractivity contribution in [2.45, 2.75) is 39.2 Å². The van der Waals surface area contributed by atoms with Crippen molar-refractivity contribution in [3.8, 4) is 0 Å². The number of ether oxygens (including phenoxy) is 1. The summed E-state index contributed by atoms with van der Waals surface area (Å²) in [7, 11) is 1.64. The minimum atomic E-state index is -0.436. The molecular weight excluding hydrogens is 318 g/mol. The van der Waals surface area contributed by atoms with Gasteiger partial charge in [-0.25, -0.2) is 0 Å². The molecule has 0 aromatic heterocycles. The summed E-state index contributed by atoms with van der Waals surface area (Å²) in [5, 5.41) is 9.19. The lowest BCUT2D eigenvalue weighted by Gasteiger charge is -2.35. The third-order valence-corrected chi connectivity index (χ3v) is 4.63. The summed E-state index contributed by atoms with van der Waals surface area (Å²) in [5.74, 6) is 0.0761. The normalized spacial score (nSPS) is 16.2. The van der Waals surface area contributed by atoms with Crippen LogP contribution in [0.25, 0.3) is 0 Å². The van der Waals surface area contributed by atoms with Crippen molar-refractivity contribution in [1.82, 2.24) is 10.6 Å². The van der Waals surface area contributed by atoms with Crippen molar-refractivity contribution >= 4 is 17.5 Å². The Bertz CT molecular complexity index is 560. The van der Waals surface area contributed by atoms with Gasteiger partial charge in [-0.2, -0.15) is 0 Å². The van der Waals surface area contributed by atoms with Crippen LogP contribution in [0.2, 0.25) is 0 Å². The summed E-state index contributed by atoms with van der Waals surface area (Å²) in [4.78, 5) is 24.3. The molecular formula is C19H29N3O3. The highest BCUT2D eigenvalue weighted by atomic mass is 16.5. The van der Waals surface area contributed by atoms with Crippen LogP contribution in [0.5, 0.6) is 0 Å². The number of hydrogen-bond donors (Lipinski definition) is 3. The molecule has 1 aromatic carbocycles. The smallest absolute Gasteiger partial charge is 0.228 e. The number of methoxy groups -OCH3 is 1. The molecule has 0 unspecified atom stereocenters. The van der Waals surface area contributed by atoms with Gasteiger partial charge in [-0.3, -0.25) is 9.59 Å². The molecule has 1 heterocycles. The highest BCUT2D eigenvalue weighted by Gasteiger charge is 2.39. The Morgan fingerprint density at radius 3 is 2.48 bits per heavy atom. The fraction of sp³-hybridized carbons (Fsp3) is 0.579. The number of rotatable bonds is 8. The Morgan fingerprint density at radius 2 is 1.88 bits per heavy atom. The van der Waals surface area contributed by atoms with Crippen LogP contribution in [0.1, 0.15) is 38.2 Å². The largest absolute Gasteiger partial charge is 0.384 e. The summed E-state index contributed by atoms with van der Waals surface area (Å²) in [5.41, 5.74) is 1.35. The van der Waals surface area contributed by atoms with Gasteiger partial charge in [-0.05, 0) is 50.0 Å².